The van der Waals surface area contributed by atoms with Gasteiger partial charge in [0.2, 0.25) is 0 Å². The lowest BCUT2D eigenvalue weighted by Crippen LogP contribution is -2.20. The second-order valence-corrected chi connectivity index (χ2v) is 6.41. The molecule has 1 aromatic carbocycles. The fourth-order valence-corrected chi connectivity index (χ4v) is 2.98. The number of aromatic nitrogens is 2. The molecule has 1 unspecified atom stereocenters. The van der Waals surface area contributed by atoms with E-state index in [1.54, 1.807) is 54.2 Å². The van der Waals surface area contributed by atoms with Crippen molar-refractivity contribution in [3.05, 3.63) is 70.5 Å². The molecule has 0 fully saturated rings. The van der Waals surface area contributed by atoms with Crippen molar-refractivity contribution in [2.45, 2.75) is 19.7 Å². The van der Waals surface area contributed by atoms with Crippen LogP contribution < -0.4 is 5.56 Å². The van der Waals surface area contributed by atoms with Gasteiger partial charge in [-0.3, -0.25) is 9.69 Å². The number of halogens is 1. The van der Waals surface area contributed by atoms with E-state index in [0.717, 1.165) is 0 Å². The van der Waals surface area contributed by atoms with Crippen molar-refractivity contribution in [2.75, 3.05) is 14.1 Å². The number of aliphatic hydroxyl groups is 1. The number of benzene rings is 1. The highest BCUT2D eigenvalue weighted by atomic mass is 19.1. The standard InChI is InChI=1S/C20H22FN3O2/c1-4-5-10-24-12-16(14-8-9-22-18(14)20(24)26)15-11-13(6-7-17(15)21)19(25)23(2)3/h4-9,11-12,19,22,25H,10H2,1-3H3/b5-4+. The van der Waals surface area contributed by atoms with Crippen molar-refractivity contribution in [2.24, 2.45) is 0 Å². The second-order valence-electron chi connectivity index (χ2n) is 6.41. The molecule has 2 heterocycles. The third kappa shape index (κ3) is 3.21. The number of nitrogens with zero attached hydrogens (tertiary/aromatic N) is 2. The zero-order chi connectivity index (χ0) is 18.8. The number of hydrogen-bond acceptors (Lipinski definition) is 3. The predicted octanol–water partition coefficient (Wildman–Crippen LogP) is 3.26. The molecule has 6 heteroatoms. The van der Waals surface area contributed by atoms with Gasteiger partial charge in [-0.25, -0.2) is 4.39 Å². The minimum absolute atomic E-state index is 0.156. The lowest BCUT2D eigenvalue weighted by molar-refractivity contribution is 0.0395. The quantitative estimate of drug-likeness (QED) is 0.545. The molecule has 0 radical (unpaired) electrons. The topological polar surface area (TPSA) is 61.3 Å². The van der Waals surface area contributed by atoms with Crippen LogP contribution in [0, 0.1) is 5.82 Å². The van der Waals surface area contributed by atoms with Crippen LogP contribution in [-0.2, 0) is 6.54 Å². The Morgan fingerprint density at radius 2 is 2.08 bits per heavy atom. The molecule has 1 atom stereocenters. The summed E-state index contributed by atoms with van der Waals surface area (Å²) >= 11 is 0. The summed E-state index contributed by atoms with van der Waals surface area (Å²) in [5.74, 6) is -0.404. The van der Waals surface area contributed by atoms with Crippen LogP contribution in [0.5, 0.6) is 0 Å². The summed E-state index contributed by atoms with van der Waals surface area (Å²) in [7, 11) is 3.49. The largest absolute Gasteiger partial charge is 0.374 e. The molecule has 3 rings (SSSR count). The Balaban J connectivity index is 2.25. The van der Waals surface area contributed by atoms with Crippen LogP contribution in [0.4, 0.5) is 4.39 Å². The zero-order valence-corrected chi connectivity index (χ0v) is 15.0. The monoisotopic (exact) mass is 355 g/mol. The molecule has 0 amide bonds. The van der Waals surface area contributed by atoms with Gasteiger partial charge in [0.1, 0.15) is 17.6 Å². The number of hydrogen-bond donors (Lipinski definition) is 2. The normalized spacial score (nSPS) is 13.2. The van der Waals surface area contributed by atoms with Crippen LogP contribution in [0.25, 0.3) is 22.0 Å². The van der Waals surface area contributed by atoms with Crippen molar-refractivity contribution in [1.82, 2.24) is 14.5 Å². The van der Waals surface area contributed by atoms with Crippen LogP contribution >= 0.6 is 0 Å². The summed E-state index contributed by atoms with van der Waals surface area (Å²) in [5, 5.41) is 10.9. The minimum Gasteiger partial charge on any atom is -0.374 e. The molecule has 2 aromatic heterocycles. The number of aliphatic hydroxyl groups excluding tert-OH is 1. The average molecular weight is 355 g/mol. The number of allylic oxidation sites excluding steroid dienone is 2. The Kier molecular flexibility index (Phi) is 5.06. The van der Waals surface area contributed by atoms with Gasteiger partial charge in [0.15, 0.2) is 0 Å². The van der Waals surface area contributed by atoms with Crippen molar-refractivity contribution in [3.8, 4) is 11.1 Å². The van der Waals surface area contributed by atoms with Gasteiger partial charge in [-0.2, -0.15) is 0 Å². The molecular weight excluding hydrogens is 333 g/mol. The molecule has 0 bridgehead atoms. The maximum Gasteiger partial charge on any atom is 0.275 e. The number of rotatable bonds is 5. The SMILES string of the molecule is C/C=C/Cn1cc(-c2cc(C(O)N(C)C)ccc2F)c2cc[nH]c2c1=O. The van der Waals surface area contributed by atoms with Crippen molar-refractivity contribution >= 4 is 10.9 Å². The molecule has 26 heavy (non-hydrogen) atoms. The van der Waals surface area contributed by atoms with Gasteiger partial charge >= 0.3 is 0 Å². The van der Waals surface area contributed by atoms with Crippen LogP contribution in [-0.4, -0.2) is 33.7 Å². The Morgan fingerprint density at radius 3 is 2.77 bits per heavy atom. The number of fused-ring (bicyclic) bond motifs is 1. The van der Waals surface area contributed by atoms with E-state index < -0.39 is 12.0 Å². The second kappa shape index (κ2) is 7.27. The molecule has 0 aliphatic heterocycles. The molecule has 5 nitrogen and oxygen atoms in total. The first kappa shape index (κ1) is 18.1. The van der Waals surface area contributed by atoms with Crippen LogP contribution in [0.1, 0.15) is 18.7 Å². The number of aromatic amines is 1. The van der Waals surface area contributed by atoms with Crippen molar-refractivity contribution in [3.63, 3.8) is 0 Å². The van der Waals surface area contributed by atoms with E-state index in [0.29, 0.717) is 34.1 Å². The highest BCUT2D eigenvalue weighted by Crippen LogP contribution is 2.31. The number of nitrogens with one attached hydrogen (secondary N) is 1. The van der Waals surface area contributed by atoms with Crippen molar-refractivity contribution < 1.29 is 9.50 Å². The van der Waals surface area contributed by atoms with Gasteiger partial charge in [0.05, 0.1) is 0 Å². The first-order chi connectivity index (χ1) is 12.4. The molecular formula is C20H22FN3O2. The smallest absolute Gasteiger partial charge is 0.275 e. The number of H-pyrrole nitrogens is 1. The van der Waals surface area contributed by atoms with E-state index in [1.165, 1.54) is 6.07 Å². The third-order valence-electron chi connectivity index (χ3n) is 4.40. The molecule has 0 saturated carbocycles. The Bertz CT molecular complexity index is 1020. The van der Waals surface area contributed by atoms with Crippen LogP contribution in [0.3, 0.4) is 0 Å². The Labute approximate surface area is 151 Å². The summed E-state index contributed by atoms with van der Waals surface area (Å²) in [4.78, 5) is 17.2. The average Bonchev–Trinajstić information content (AvgIpc) is 3.11. The first-order valence-electron chi connectivity index (χ1n) is 8.40. The van der Waals surface area contributed by atoms with E-state index >= 15 is 0 Å². The Hall–Kier alpha value is -2.70. The summed E-state index contributed by atoms with van der Waals surface area (Å²) < 4.78 is 16.2. The van der Waals surface area contributed by atoms with Gasteiger partial charge in [-0.15, -0.1) is 0 Å². The van der Waals surface area contributed by atoms with Gasteiger partial charge in [-0.1, -0.05) is 18.2 Å². The molecule has 0 saturated heterocycles. The molecule has 3 aromatic rings. The zero-order valence-electron chi connectivity index (χ0n) is 15.0. The number of pyridine rings is 1. The van der Waals surface area contributed by atoms with E-state index in [9.17, 15) is 14.3 Å². The van der Waals surface area contributed by atoms with Crippen LogP contribution in [0.2, 0.25) is 0 Å². The van der Waals surface area contributed by atoms with Gasteiger partial charge in [0, 0.05) is 35.5 Å². The summed E-state index contributed by atoms with van der Waals surface area (Å²) in [5.41, 5.74) is 1.82. The van der Waals surface area contributed by atoms with E-state index in [2.05, 4.69) is 4.98 Å². The Morgan fingerprint density at radius 1 is 1.31 bits per heavy atom. The maximum atomic E-state index is 14.6. The van der Waals surface area contributed by atoms with E-state index in [-0.39, 0.29) is 5.56 Å². The highest BCUT2D eigenvalue weighted by molar-refractivity contribution is 5.94. The van der Waals surface area contributed by atoms with E-state index in [4.69, 9.17) is 0 Å². The molecule has 0 aliphatic rings. The minimum atomic E-state index is -0.843. The fourth-order valence-electron chi connectivity index (χ4n) is 2.98. The van der Waals surface area contributed by atoms with Gasteiger partial charge < -0.3 is 14.7 Å². The highest BCUT2D eigenvalue weighted by Gasteiger charge is 2.17. The van der Waals surface area contributed by atoms with E-state index in [1.807, 2.05) is 19.1 Å². The molecule has 0 aliphatic carbocycles. The molecule has 0 spiro atoms. The molecule has 2 N–H and O–H groups in total. The summed E-state index contributed by atoms with van der Waals surface area (Å²) in [6.07, 6.45) is 6.22. The lowest BCUT2D eigenvalue weighted by atomic mass is 10.00. The lowest BCUT2D eigenvalue weighted by Gasteiger charge is -2.20. The van der Waals surface area contributed by atoms with Gasteiger partial charge in [0.25, 0.3) is 5.56 Å². The first-order valence-corrected chi connectivity index (χ1v) is 8.40. The third-order valence-corrected chi connectivity index (χ3v) is 4.40. The molecule has 136 valence electrons. The van der Waals surface area contributed by atoms with Crippen LogP contribution in [0.15, 0.2) is 53.6 Å². The fraction of sp³-hybridized carbons (Fsp3) is 0.250. The van der Waals surface area contributed by atoms with Crippen molar-refractivity contribution in [1.29, 1.82) is 0 Å². The summed E-state index contributed by atoms with van der Waals surface area (Å²) in [6, 6.07) is 6.30. The van der Waals surface area contributed by atoms with Gasteiger partial charge in [-0.05, 0) is 44.8 Å². The summed E-state index contributed by atoms with van der Waals surface area (Å²) in [6.45, 7) is 2.28. The predicted molar refractivity (Wildman–Crippen MR) is 101 cm³/mol. The maximum absolute atomic E-state index is 14.6.